The summed E-state index contributed by atoms with van der Waals surface area (Å²) in [5, 5.41) is 3.17. The van der Waals surface area contributed by atoms with E-state index in [1.807, 2.05) is 11.9 Å². The van der Waals surface area contributed by atoms with E-state index in [1.165, 1.54) is 12.1 Å². The molecule has 0 aliphatic carbocycles. The number of amides is 1. The van der Waals surface area contributed by atoms with E-state index in [0.717, 1.165) is 6.26 Å². The number of benzene rings is 2. The number of sulfone groups is 1. The van der Waals surface area contributed by atoms with Crippen LogP contribution in [-0.2, 0) is 14.6 Å². The zero-order valence-electron chi connectivity index (χ0n) is 17.4. The van der Waals surface area contributed by atoms with Gasteiger partial charge in [0, 0.05) is 24.9 Å². The van der Waals surface area contributed by atoms with Crippen LogP contribution in [0.3, 0.4) is 0 Å². The highest BCUT2D eigenvalue weighted by molar-refractivity contribution is 7.90. The first-order valence-corrected chi connectivity index (χ1v) is 12.0. The van der Waals surface area contributed by atoms with Crippen LogP contribution < -0.4 is 19.5 Å². The van der Waals surface area contributed by atoms with E-state index in [0.29, 0.717) is 60.7 Å². The molecule has 31 heavy (non-hydrogen) atoms. The summed E-state index contributed by atoms with van der Waals surface area (Å²) in [6.45, 7) is 2.10. The molecule has 1 aliphatic rings. The standard InChI is InChI=1S/C21H25ClN2O6S/c1-24(7-4-8-28-15-5-3-6-16(11-15)31(2,26)27)14-21(25)23-18-13-20-19(12-17(18)22)29-9-10-30-20/h3,5-6,11-13H,4,7-10,14H2,1-2H3,(H,23,25). The van der Waals surface area contributed by atoms with Gasteiger partial charge in [-0.05, 0) is 31.7 Å². The third kappa shape index (κ3) is 6.75. The lowest BCUT2D eigenvalue weighted by Gasteiger charge is -2.20. The van der Waals surface area contributed by atoms with E-state index in [9.17, 15) is 13.2 Å². The number of halogens is 1. The second-order valence-corrected chi connectivity index (χ2v) is 9.63. The van der Waals surface area contributed by atoms with Crippen molar-refractivity contribution >= 4 is 33.0 Å². The highest BCUT2D eigenvalue weighted by Crippen LogP contribution is 2.37. The number of fused-ring (bicyclic) bond motifs is 1. The van der Waals surface area contributed by atoms with Crippen LogP contribution in [0.25, 0.3) is 0 Å². The van der Waals surface area contributed by atoms with Gasteiger partial charge >= 0.3 is 0 Å². The molecule has 0 saturated heterocycles. The van der Waals surface area contributed by atoms with Crippen molar-refractivity contribution < 1.29 is 27.4 Å². The van der Waals surface area contributed by atoms with Crippen LogP contribution in [0.4, 0.5) is 5.69 Å². The van der Waals surface area contributed by atoms with E-state index < -0.39 is 9.84 Å². The minimum atomic E-state index is -3.27. The lowest BCUT2D eigenvalue weighted by atomic mass is 10.2. The maximum Gasteiger partial charge on any atom is 0.238 e. The van der Waals surface area contributed by atoms with Gasteiger partial charge < -0.3 is 19.5 Å². The number of hydrogen-bond donors (Lipinski definition) is 1. The van der Waals surface area contributed by atoms with Gasteiger partial charge in [0.05, 0.1) is 28.8 Å². The summed E-state index contributed by atoms with van der Waals surface area (Å²) >= 11 is 6.22. The molecule has 0 saturated carbocycles. The summed E-state index contributed by atoms with van der Waals surface area (Å²) in [5.41, 5.74) is 0.471. The molecule has 0 aromatic heterocycles. The average Bonchev–Trinajstić information content (AvgIpc) is 2.71. The van der Waals surface area contributed by atoms with Gasteiger partial charge in [0.15, 0.2) is 21.3 Å². The molecule has 2 aromatic rings. The Labute approximate surface area is 187 Å². The fraction of sp³-hybridized carbons (Fsp3) is 0.381. The topological polar surface area (TPSA) is 94.2 Å². The van der Waals surface area contributed by atoms with Crippen LogP contribution in [0.5, 0.6) is 17.2 Å². The Bertz CT molecular complexity index is 1040. The Morgan fingerprint density at radius 2 is 1.90 bits per heavy atom. The van der Waals surface area contributed by atoms with E-state index >= 15 is 0 Å². The van der Waals surface area contributed by atoms with Crippen LogP contribution in [0, 0.1) is 0 Å². The van der Waals surface area contributed by atoms with E-state index in [1.54, 1.807) is 24.3 Å². The molecule has 0 unspecified atom stereocenters. The maximum atomic E-state index is 12.4. The van der Waals surface area contributed by atoms with E-state index in [-0.39, 0.29) is 17.3 Å². The number of rotatable bonds is 9. The molecule has 0 atom stereocenters. The van der Waals surface area contributed by atoms with Crippen LogP contribution in [0.15, 0.2) is 41.3 Å². The fourth-order valence-corrected chi connectivity index (χ4v) is 3.85. The lowest BCUT2D eigenvalue weighted by Crippen LogP contribution is -2.31. The summed E-state index contributed by atoms with van der Waals surface area (Å²) < 4.78 is 39.8. The second kappa shape index (κ2) is 10.2. The molecule has 1 amide bonds. The van der Waals surface area contributed by atoms with Crippen molar-refractivity contribution in [1.82, 2.24) is 4.90 Å². The molecule has 2 aromatic carbocycles. The molecule has 0 fully saturated rings. The van der Waals surface area contributed by atoms with Crippen molar-refractivity contribution in [2.75, 3.05) is 51.5 Å². The summed E-state index contributed by atoms with van der Waals surface area (Å²) in [6.07, 6.45) is 1.82. The highest BCUT2D eigenvalue weighted by atomic mass is 35.5. The Kier molecular flexibility index (Phi) is 7.64. The zero-order valence-corrected chi connectivity index (χ0v) is 19.0. The predicted molar refractivity (Wildman–Crippen MR) is 118 cm³/mol. The Balaban J connectivity index is 1.43. The SMILES string of the molecule is CN(CCCOc1cccc(S(C)(=O)=O)c1)CC(=O)Nc1cc2c(cc1Cl)OCCO2. The van der Waals surface area contributed by atoms with Gasteiger partial charge in [0.25, 0.3) is 0 Å². The molecule has 0 radical (unpaired) electrons. The van der Waals surface area contributed by atoms with Gasteiger partial charge in [0.1, 0.15) is 19.0 Å². The molecule has 8 nitrogen and oxygen atoms in total. The first-order chi connectivity index (χ1) is 14.7. The van der Waals surface area contributed by atoms with Crippen molar-refractivity contribution in [2.24, 2.45) is 0 Å². The van der Waals surface area contributed by atoms with Crippen LogP contribution >= 0.6 is 11.6 Å². The smallest absolute Gasteiger partial charge is 0.238 e. The predicted octanol–water partition coefficient (Wildman–Crippen LogP) is 2.85. The van der Waals surface area contributed by atoms with E-state index in [4.69, 9.17) is 25.8 Å². The summed E-state index contributed by atoms with van der Waals surface area (Å²) in [6, 6.07) is 9.68. The number of carbonyl (C=O) groups excluding carboxylic acids is 1. The first-order valence-electron chi connectivity index (χ1n) is 9.73. The minimum Gasteiger partial charge on any atom is -0.494 e. The largest absolute Gasteiger partial charge is 0.494 e. The molecular weight excluding hydrogens is 444 g/mol. The van der Waals surface area contributed by atoms with Crippen molar-refractivity contribution in [2.45, 2.75) is 11.3 Å². The van der Waals surface area contributed by atoms with Gasteiger partial charge in [-0.2, -0.15) is 0 Å². The van der Waals surface area contributed by atoms with Crippen LogP contribution in [0.2, 0.25) is 5.02 Å². The van der Waals surface area contributed by atoms with Gasteiger partial charge in [-0.15, -0.1) is 0 Å². The first kappa shape index (κ1) is 23.2. The van der Waals surface area contributed by atoms with Gasteiger partial charge in [0.2, 0.25) is 5.91 Å². The van der Waals surface area contributed by atoms with E-state index in [2.05, 4.69) is 5.32 Å². The molecule has 1 aliphatic heterocycles. The molecule has 1 heterocycles. The van der Waals surface area contributed by atoms with Gasteiger partial charge in [-0.25, -0.2) is 8.42 Å². The van der Waals surface area contributed by atoms with Crippen LogP contribution in [-0.4, -0.2) is 65.4 Å². The number of ether oxygens (including phenoxy) is 3. The molecule has 3 rings (SSSR count). The van der Waals surface area contributed by atoms with Crippen molar-refractivity contribution in [3.05, 3.63) is 41.4 Å². The van der Waals surface area contributed by atoms with Crippen molar-refractivity contribution in [3.8, 4) is 17.2 Å². The number of hydrogen-bond acceptors (Lipinski definition) is 7. The van der Waals surface area contributed by atoms with Gasteiger partial charge in [-0.1, -0.05) is 17.7 Å². The zero-order chi connectivity index (χ0) is 22.4. The lowest BCUT2D eigenvalue weighted by molar-refractivity contribution is -0.117. The minimum absolute atomic E-state index is 0.175. The summed E-state index contributed by atoms with van der Waals surface area (Å²) in [5.74, 6) is 1.41. The molecule has 1 N–H and O–H groups in total. The van der Waals surface area contributed by atoms with Gasteiger partial charge in [-0.3, -0.25) is 9.69 Å². The monoisotopic (exact) mass is 468 g/mol. The number of anilines is 1. The summed E-state index contributed by atoms with van der Waals surface area (Å²) in [4.78, 5) is 14.4. The average molecular weight is 469 g/mol. The maximum absolute atomic E-state index is 12.4. The molecular formula is C21H25ClN2O6S. The third-order valence-corrected chi connectivity index (χ3v) is 5.93. The normalized spacial score (nSPS) is 13.2. The Morgan fingerprint density at radius 1 is 1.19 bits per heavy atom. The molecule has 0 spiro atoms. The summed E-state index contributed by atoms with van der Waals surface area (Å²) in [7, 11) is -1.45. The number of likely N-dealkylation sites (N-methyl/N-ethyl adjacent to an activating group) is 1. The molecule has 168 valence electrons. The second-order valence-electron chi connectivity index (χ2n) is 7.21. The number of nitrogens with one attached hydrogen (secondary N) is 1. The Morgan fingerprint density at radius 3 is 2.61 bits per heavy atom. The fourth-order valence-electron chi connectivity index (χ4n) is 2.99. The quantitative estimate of drug-likeness (QED) is 0.565. The number of nitrogens with zero attached hydrogens (tertiary/aromatic N) is 1. The van der Waals surface area contributed by atoms with Crippen LogP contribution in [0.1, 0.15) is 6.42 Å². The highest BCUT2D eigenvalue weighted by Gasteiger charge is 2.17. The Hall–Kier alpha value is -2.49. The van der Waals surface area contributed by atoms with Crippen molar-refractivity contribution in [3.63, 3.8) is 0 Å². The van der Waals surface area contributed by atoms with Crippen molar-refractivity contribution in [1.29, 1.82) is 0 Å². The third-order valence-electron chi connectivity index (χ3n) is 4.51. The molecule has 10 heteroatoms. The molecule has 0 bridgehead atoms. The number of carbonyl (C=O) groups is 1.